The predicted octanol–water partition coefficient (Wildman–Crippen LogP) is 2.93. The SMILES string of the molecule is O=c1ccc(Br)cn1CC(Cl)=CCl. The third-order valence-electron chi connectivity index (χ3n) is 1.39. The smallest absolute Gasteiger partial charge is 0.250 e. The lowest BCUT2D eigenvalue weighted by Crippen LogP contribution is -2.18. The lowest BCUT2D eigenvalue weighted by atomic mass is 10.4. The summed E-state index contributed by atoms with van der Waals surface area (Å²) in [7, 11) is 0. The minimum Gasteiger partial charge on any atom is -0.309 e. The summed E-state index contributed by atoms with van der Waals surface area (Å²) in [6.07, 6.45) is 1.66. The molecular weight excluding hydrogens is 277 g/mol. The highest BCUT2D eigenvalue weighted by Gasteiger charge is 1.98. The van der Waals surface area contributed by atoms with Gasteiger partial charge in [0.25, 0.3) is 5.56 Å². The summed E-state index contributed by atoms with van der Waals surface area (Å²) in [4.78, 5) is 11.2. The highest BCUT2D eigenvalue weighted by atomic mass is 79.9. The Labute approximate surface area is 93.9 Å². The first kappa shape index (κ1) is 10.8. The van der Waals surface area contributed by atoms with Gasteiger partial charge in [-0.3, -0.25) is 4.79 Å². The minimum absolute atomic E-state index is 0.111. The van der Waals surface area contributed by atoms with Crippen molar-refractivity contribution in [2.45, 2.75) is 6.54 Å². The fraction of sp³-hybridized carbons (Fsp3) is 0.125. The second-order valence-electron chi connectivity index (χ2n) is 2.37. The van der Waals surface area contributed by atoms with Crippen LogP contribution in [0.1, 0.15) is 0 Å². The molecule has 13 heavy (non-hydrogen) atoms. The quantitative estimate of drug-likeness (QED) is 0.818. The molecule has 0 bridgehead atoms. The Hall–Kier alpha value is -0.250. The first-order valence-electron chi connectivity index (χ1n) is 3.44. The van der Waals surface area contributed by atoms with Crippen molar-refractivity contribution in [2.24, 2.45) is 0 Å². The van der Waals surface area contributed by atoms with Crippen molar-refractivity contribution in [1.82, 2.24) is 4.57 Å². The molecule has 0 spiro atoms. The summed E-state index contributed by atoms with van der Waals surface area (Å²) < 4.78 is 2.29. The van der Waals surface area contributed by atoms with Crippen LogP contribution < -0.4 is 5.56 Å². The monoisotopic (exact) mass is 281 g/mol. The highest BCUT2D eigenvalue weighted by Crippen LogP contribution is 2.09. The van der Waals surface area contributed by atoms with Gasteiger partial charge in [-0.05, 0) is 22.0 Å². The molecule has 1 heterocycles. The van der Waals surface area contributed by atoms with E-state index in [1.54, 1.807) is 12.3 Å². The van der Waals surface area contributed by atoms with E-state index in [4.69, 9.17) is 23.2 Å². The van der Waals surface area contributed by atoms with E-state index in [2.05, 4.69) is 15.9 Å². The van der Waals surface area contributed by atoms with Gasteiger partial charge in [-0.1, -0.05) is 23.2 Å². The number of hydrogen-bond acceptors (Lipinski definition) is 1. The maximum atomic E-state index is 11.2. The Kier molecular flexibility index (Phi) is 4.03. The Morgan fingerprint density at radius 3 is 2.92 bits per heavy atom. The maximum absolute atomic E-state index is 11.2. The molecule has 0 aromatic carbocycles. The number of halogens is 3. The molecule has 0 saturated carbocycles. The number of pyridine rings is 1. The van der Waals surface area contributed by atoms with Crippen LogP contribution in [-0.2, 0) is 6.54 Å². The van der Waals surface area contributed by atoms with Gasteiger partial charge in [0.1, 0.15) is 0 Å². The van der Waals surface area contributed by atoms with E-state index >= 15 is 0 Å². The maximum Gasteiger partial charge on any atom is 0.250 e. The number of aromatic nitrogens is 1. The highest BCUT2D eigenvalue weighted by molar-refractivity contribution is 9.10. The van der Waals surface area contributed by atoms with Crippen molar-refractivity contribution < 1.29 is 0 Å². The van der Waals surface area contributed by atoms with Crippen molar-refractivity contribution in [3.05, 3.63) is 43.7 Å². The average molecular weight is 283 g/mol. The summed E-state index contributed by atoms with van der Waals surface area (Å²) in [5.41, 5.74) is 1.13. The van der Waals surface area contributed by atoms with Crippen LogP contribution in [0.5, 0.6) is 0 Å². The lowest BCUT2D eigenvalue weighted by Gasteiger charge is -2.03. The van der Waals surface area contributed by atoms with Crippen molar-refractivity contribution in [2.75, 3.05) is 0 Å². The molecule has 0 unspecified atom stereocenters. The summed E-state index contributed by atoms with van der Waals surface area (Å²) in [5, 5.41) is 0.418. The van der Waals surface area contributed by atoms with Crippen LogP contribution in [0.25, 0.3) is 0 Å². The lowest BCUT2D eigenvalue weighted by molar-refractivity contribution is 0.767. The largest absolute Gasteiger partial charge is 0.309 e. The fourth-order valence-corrected chi connectivity index (χ4v) is 1.40. The number of hydrogen-bond donors (Lipinski definition) is 0. The zero-order chi connectivity index (χ0) is 9.84. The number of allylic oxidation sites excluding steroid dienone is 1. The van der Waals surface area contributed by atoms with E-state index in [0.717, 1.165) is 4.47 Å². The molecule has 0 aliphatic rings. The summed E-state index contributed by atoms with van der Waals surface area (Å²) in [6.45, 7) is 0.295. The molecule has 1 rings (SSSR count). The van der Waals surface area contributed by atoms with Gasteiger partial charge in [0.2, 0.25) is 0 Å². The van der Waals surface area contributed by atoms with Gasteiger partial charge in [-0.15, -0.1) is 0 Å². The van der Waals surface area contributed by atoms with Crippen molar-refractivity contribution >= 4 is 39.1 Å². The van der Waals surface area contributed by atoms with E-state index in [0.29, 0.717) is 11.6 Å². The molecular formula is C8H6BrCl2NO. The van der Waals surface area contributed by atoms with Gasteiger partial charge in [0, 0.05) is 27.3 Å². The van der Waals surface area contributed by atoms with E-state index in [-0.39, 0.29) is 5.56 Å². The molecule has 0 amide bonds. The van der Waals surface area contributed by atoms with Crippen LogP contribution in [0, 0.1) is 0 Å². The van der Waals surface area contributed by atoms with Crippen LogP contribution in [0.15, 0.2) is 38.2 Å². The molecule has 5 heteroatoms. The van der Waals surface area contributed by atoms with Gasteiger partial charge in [0.05, 0.1) is 6.54 Å². The van der Waals surface area contributed by atoms with E-state index in [1.165, 1.54) is 16.2 Å². The molecule has 0 aliphatic carbocycles. The molecule has 0 radical (unpaired) electrons. The van der Waals surface area contributed by atoms with E-state index < -0.39 is 0 Å². The zero-order valence-corrected chi connectivity index (χ0v) is 9.60. The first-order chi connectivity index (χ1) is 6.13. The van der Waals surface area contributed by atoms with E-state index in [1.807, 2.05) is 0 Å². The average Bonchev–Trinajstić information content (AvgIpc) is 2.11. The summed E-state index contributed by atoms with van der Waals surface area (Å²) >= 11 is 14.3. The van der Waals surface area contributed by atoms with Gasteiger partial charge in [-0.25, -0.2) is 0 Å². The van der Waals surface area contributed by atoms with Crippen LogP contribution in [-0.4, -0.2) is 4.57 Å². The van der Waals surface area contributed by atoms with Crippen LogP contribution >= 0.6 is 39.1 Å². The van der Waals surface area contributed by atoms with Crippen molar-refractivity contribution in [1.29, 1.82) is 0 Å². The van der Waals surface area contributed by atoms with Gasteiger partial charge < -0.3 is 4.57 Å². The Morgan fingerprint density at radius 1 is 1.62 bits per heavy atom. The molecule has 1 aromatic heterocycles. The molecule has 2 nitrogen and oxygen atoms in total. The molecule has 0 aliphatic heterocycles. The standard InChI is InChI=1S/C8H6BrCl2NO/c9-6-1-2-8(13)12(4-6)5-7(11)3-10/h1-4H,5H2. The summed E-state index contributed by atoms with van der Waals surface area (Å²) in [6, 6.07) is 3.14. The Bertz CT molecular complexity index is 386. The Balaban J connectivity index is 3.01. The van der Waals surface area contributed by atoms with E-state index in [9.17, 15) is 4.79 Å². The normalized spacial score (nSPS) is 11.8. The fourth-order valence-electron chi connectivity index (χ4n) is 0.823. The molecule has 0 N–H and O–H groups in total. The third kappa shape index (κ3) is 3.18. The van der Waals surface area contributed by atoms with Gasteiger partial charge >= 0.3 is 0 Å². The topological polar surface area (TPSA) is 22.0 Å². The Morgan fingerprint density at radius 2 is 2.31 bits per heavy atom. The molecule has 0 saturated heterocycles. The number of rotatable bonds is 2. The van der Waals surface area contributed by atoms with Crippen molar-refractivity contribution in [3.8, 4) is 0 Å². The minimum atomic E-state index is -0.111. The van der Waals surface area contributed by atoms with Gasteiger partial charge in [0.15, 0.2) is 0 Å². The molecule has 0 fully saturated rings. The summed E-state index contributed by atoms with van der Waals surface area (Å²) in [5.74, 6) is 0. The third-order valence-corrected chi connectivity index (χ3v) is 2.46. The second kappa shape index (κ2) is 4.84. The number of nitrogens with zero attached hydrogens (tertiary/aromatic N) is 1. The van der Waals surface area contributed by atoms with Crippen LogP contribution in [0.2, 0.25) is 0 Å². The van der Waals surface area contributed by atoms with Crippen LogP contribution in [0.3, 0.4) is 0 Å². The van der Waals surface area contributed by atoms with Crippen LogP contribution in [0.4, 0.5) is 0 Å². The first-order valence-corrected chi connectivity index (χ1v) is 5.05. The molecule has 70 valence electrons. The van der Waals surface area contributed by atoms with Gasteiger partial charge in [-0.2, -0.15) is 0 Å². The predicted molar refractivity (Wildman–Crippen MR) is 58.2 cm³/mol. The molecule has 1 aromatic rings. The van der Waals surface area contributed by atoms with Crippen molar-refractivity contribution in [3.63, 3.8) is 0 Å². The molecule has 0 atom stereocenters. The zero-order valence-electron chi connectivity index (χ0n) is 6.51. The second-order valence-corrected chi connectivity index (χ2v) is 3.99.